The normalized spacial score (nSPS) is 12.4. The lowest BCUT2D eigenvalue weighted by molar-refractivity contribution is -0.118. The summed E-state index contributed by atoms with van der Waals surface area (Å²) in [6, 6.07) is 20.8. The molecule has 192 valence electrons. The second-order valence-electron chi connectivity index (χ2n) is 8.10. The van der Waals surface area contributed by atoms with E-state index in [9.17, 15) is 9.90 Å². The third-order valence-electron chi connectivity index (χ3n) is 5.34. The van der Waals surface area contributed by atoms with E-state index in [0.717, 1.165) is 38.9 Å². The number of carbonyl (C=O) groups excluding carboxylic acids is 1. The Kier molecular flexibility index (Phi) is 9.45. The number of benzodiazepines with no additional fused rings is 1. The first kappa shape index (κ1) is 27.5. The van der Waals surface area contributed by atoms with Crippen LogP contribution in [0.25, 0.3) is 0 Å². The molecular weight excluding hydrogens is 486 g/mol. The maximum atomic E-state index is 10.0. The van der Waals surface area contributed by atoms with Crippen molar-refractivity contribution in [3.05, 3.63) is 77.9 Å². The number of benzene rings is 3. The number of nitrogens with one attached hydrogen (secondary N) is 3. The van der Waals surface area contributed by atoms with E-state index in [4.69, 9.17) is 20.5 Å². The Balaban J connectivity index is 0.000000568. The van der Waals surface area contributed by atoms with Crippen LogP contribution in [0.4, 0.5) is 5.69 Å². The number of phenols is 1. The van der Waals surface area contributed by atoms with Gasteiger partial charge in [0, 0.05) is 29.5 Å². The molecule has 0 spiro atoms. The molecule has 1 aliphatic rings. The van der Waals surface area contributed by atoms with Gasteiger partial charge in [0.25, 0.3) is 0 Å². The molecule has 0 aliphatic carbocycles. The number of phenolic OH excluding ortho intramolecular Hbond substituents is 1. The third kappa shape index (κ3) is 6.98. The molecule has 4 rings (SSSR count). The maximum absolute atomic E-state index is 10.0. The molecule has 4 N–H and O–H groups in total. The van der Waals surface area contributed by atoms with E-state index in [1.165, 1.54) is 18.7 Å². The zero-order valence-corrected chi connectivity index (χ0v) is 22.1. The van der Waals surface area contributed by atoms with E-state index >= 15 is 0 Å². The topological polar surface area (TPSA) is 122 Å². The number of amidine groups is 2. The Morgan fingerprint density at radius 1 is 1.14 bits per heavy atom. The molecule has 0 radical (unpaired) electrons. The molecule has 0 saturated carbocycles. The smallest absolute Gasteiger partial charge is 0.216 e. The van der Waals surface area contributed by atoms with Crippen molar-refractivity contribution in [2.24, 2.45) is 4.99 Å². The first-order chi connectivity index (χ1) is 17.7. The summed E-state index contributed by atoms with van der Waals surface area (Å²) in [4.78, 5) is 18.0. The van der Waals surface area contributed by atoms with Crippen molar-refractivity contribution in [3.63, 3.8) is 0 Å². The summed E-state index contributed by atoms with van der Waals surface area (Å²) in [6.07, 6.45) is 0. The van der Waals surface area contributed by atoms with E-state index in [0.29, 0.717) is 5.75 Å². The average molecular weight is 518 g/mol. The summed E-state index contributed by atoms with van der Waals surface area (Å²) >= 11 is 1.49. The van der Waals surface area contributed by atoms with Crippen LogP contribution in [-0.4, -0.2) is 48.6 Å². The molecule has 8 nitrogen and oxygen atoms in total. The fourth-order valence-electron chi connectivity index (χ4n) is 3.71. The largest absolute Gasteiger partial charge is 0.507 e. The lowest BCUT2D eigenvalue weighted by Gasteiger charge is -2.24. The number of para-hydroxylation sites is 1. The minimum absolute atomic E-state index is 0.0394. The number of rotatable bonds is 5. The van der Waals surface area contributed by atoms with Gasteiger partial charge in [-0.2, -0.15) is 0 Å². The summed E-state index contributed by atoms with van der Waals surface area (Å²) in [5, 5.41) is 29.1. The fourth-order valence-corrected chi connectivity index (χ4v) is 4.56. The predicted molar refractivity (Wildman–Crippen MR) is 150 cm³/mol. The zero-order chi connectivity index (χ0) is 26.9. The number of aliphatic imine (C=N–C) groups is 1. The quantitative estimate of drug-likeness (QED) is 0.269. The number of anilines is 1. The molecule has 0 aromatic heterocycles. The summed E-state index contributed by atoms with van der Waals surface area (Å²) < 4.78 is 5.42. The number of hydrogen-bond acceptors (Lipinski definition) is 7. The number of hydrogen-bond donors (Lipinski definition) is 4. The van der Waals surface area contributed by atoms with Crippen LogP contribution in [0.15, 0.2) is 81.5 Å². The molecule has 3 aromatic carbocycles. The summed E-state index contributed by atoms with van der Waals surface area (Å²) in [6.45, 7) is 5.97. The van der Waals surface area contributed by atoms with Gasteiger partial charge in [0.2, 0.25) is 5.91 Å². The molecule has 3 aromatic rings. The van der Waals surface area contributed by atoms with Gasteiger partial charge in [-0.05, 0) is 56.3 Å². The van der Waals surface area contributed by atoms with Crippen molar-refractivity contribution in [3.8, 4) is 11.5 Å². The van der Waals surface area contributed by atoms with E-state index in [1.807, 2.05) is 61.5 Å². The molecule has 0 unspecified atom stereocenters. The van der Waals surface area contributed by atoms with Gasteiger partial charge in [0.15, 0.2) is 0 Å². The molecule has 0 bridgehead atoms. The van der Waals surface area contributed by atoms with E-state index in [-0.39, 0.29) is 29.9 Å². The van der Waals surface area contributed by atoms with Gasteiger partial charge in [0.05, 0.1) is 29.9 Å². The number of methoxy groups -OCH3 is 1. The SMILES string of the molecule is CCNC(C)=O.COc1ccc2c(c1)C(c1ccc(Sc3ccccc3O)cc1)=NCC(=N)N2C(C)=N. The van der Waals surface area contributed by atoms with Crippen molar-refractivity contribution in [2.45, 2.75) is 30.6 Å². The third-order valence-corrected chi connectivity index (χ3v) is 6.41. The van der Waals surface area contributed by atoms with Crippen LogP contribution in [0.2, 0.25) is 0 Å². The first-order valence-corrected chi connectivity index (χ1v) is 12.5. The van der Waals surface area contributed by atoms with Crippen LogP contribution in [-0.2, 0) is 4.79 Å². The standard InChI is InChI=1S/C24H22N4O2S.C4H9NO/c1-15(25)28-20-12-9-17(30-2)13-19(20)24(27-14-23(28)26)16-7-10-18(11-8-16)31-22-6-4-3-5-21(22)29;1-3-5-4(2)6/h3-13,25-26,29H,14H2,1-2H3;3H2,1-2H3,(H,5,6). The van der Waals surface area contributed by atoms with Crippen molar-refractivity contribution >= 4 is 40.7 Å². The molecular formula is C28H31N5O3S. The zero-order valence-electron chi connectivity index (χ0n) is 21.3. The summed E-state index contributed by atoms with van der Waals surface area (Å²) in [7, 11) is 1.61. The van der Waals surface area contributed by atoms with E-state index < -0.39 is 0 Å². The van der Waals surface area contributed by atoms with Gasteiger partial charge in [-0.15, -0.1) is 0 Å². The van der Waals surface area contributed by atoms with E-state index in [2.05, 4.69) is 5.32 Å². The average Bonchev–Trinajstić information content (AvgIpc) is 3.01. The Morgan fingerprint density at radius 2 is 1.84 bits per heavy atom. The predicted octanol–water partition coefficient (Wildman–Crippen LogP) is 5.33. The van der Waals surface area contributed by atoms with Crippen molar-refractivity contribution in [1.82, 2.24) is 5.32 Å². The Bertz CT molecular complexity index is 1320. The fraction of sp³-hybridized carbons (Fsp3) is 0.214. The van der Waals surface area contributed by atoms with Crippen LogP contribution in [0.3, 0.4) is 0 Å². The number of nitrogens with zero attached hydrogens (tertiary/aromatic N) is 2. The van der Waals surface area contributed by atoms with Gasteiger partial charge in [0.1, 0.15) is 23.2 Å². The van der Waals surface area contributed by atoms with Gasteiger partial charge in [-0.25, -0.2) is 0 Å². The maximum Gasteiger partial charge on any atom is 0.216 e. The molecule has 0 atom stereocenters. The van der Waals surface area contributed by atoms with Crippen LogP contribution >= 0.6 is 11.8 Å². The second kappa shape index (κ2) is 12.7. The summed E-state index contributed by atoms with van der Waals surface area (Å²) in [5.74, 6) is 1.50. The van der Waals surface area contributed by atoms with Gasteiger partial charge >= 0.3 is 0 Å². The Hall–Kier alpha value is -4.11. The first-order valence-electron chi connectivity index (χ1n) is 11.7. The van der Waals surface area contributed by atoms with Crippen LogP contribution < -0.4 is 15.0 Å². The molecule has 1 heterocycles. The van der Waals surface area contributed by atoms with Crippen LogP contribution in [0.1, 0.15) is 31.9 Å². The number of amides is 1. The van der Waals surface area contributed by atoms with Gasteiger partial charge in [-0.3, -0.25) is 25.5 Å². The van der Waals surface area contributed by atoms with Crippen LogP contribution in [0, 0.1) is 10.8 Å². The highest BCUT2D eigenvalue weighted by atomic mass is 32.2. The Labute approximate surface area is 221 Å². The van der Waals surface area contributed by atoms with Crippen molar-refractivity contribution in [2.75, 3.05) is 25.1 Å². The highest BCUT2D eigenvalue weighted by Crippen LogP contribution is 2.35. The minimum atomic E-state index is 0.0394. The van der Waals surface area contributed by atoms with E-state index in [1.54, 1.807) is 31.1 Å². The van der Waals surface area contributed by atoms with Crippen molar-refractivity contribution in [1.29, 1.82) is 10.8 Å². The number of aromatic hydroxyl groups is 1. The number of fused-ring (bicyclic) bond motifs is 1. The molecule has 0 fully saturated rings. The number of carbonyl (C=O) groups is 1. The summed E-state index contributed by atoms with van der Waals surface area (Å²) in [5.41, 5.74) is 3.21. The number of ether oxygens (including phenoxy) is 1. The Morgan fingerprint density at radius 3 is 2.41 bits per heavy atom. The van der Waals surface area contributed by atoms with Gasteiger partial charge in [-0.1, -0.05) is 36.0 Å². The molecule has 1 aliphatic heterocycles. The molecule has 0 saturated heterocycles. The monoisotopic (exact) mass is 517 g/mol. The lowest BCUT2D eigenvalue weighted by atomic mass is 9.99. The molecule has 37 heavy (non-hydrogen) atoms. The highest BCUT2D eigenvalue weighted by molar-refractivity contribution is 7.99. The minimum Gasteiger partial charge on any atom is -0.507 e. The van der Waals surface area contributed by atoms with Crippen molar-refractivity contribution < 1.29 is 14.6 Å². The molecule has 1 amide bonds. The van der Waals surface area contributed by atoms with Crippen LogP contribution in [0.5, 0.6) is 11.5 Å². The lowest BCUT2D eigenvalue weighted by Crippen LogP contribution is -2.35. The molecule has 9 heteroatoms. The highest BCUT2D eigenvalue weighted by Gasteiger charge is 2.25. The van der Waals surface area contributed by atoms with Gasteiger partial charge < -0.3 is 15.2 Å². The second-order valence-corrected chi connectivity index (χ2v) is 9.21.